The first-order chi connectivity index (χ1) is 11.1. The normalized spacial score (nSPS) is 22.7. The summed E-state index contributed by atoms with van der Waals surface area (Å²) in [6, 6.07) is 2.44. The molecule has 0 N–H and O–H groups in total. The lowest BCUT2D eigenvalue weighted by Crippen LogP contribution is -2.47. The van der Waals surface area contributed by atoms with Crippen molar-refractivity contribution in [3.8, 4) is 0 Å². The number of amides is 1. The second kappa shape index (κ2) is 7.36. The van der Waals surface area contributed by atoms with Gasteiger partial charge >= 0.3 is 0 Å². The minimum Gasteiger partial charge on any atom is -0.368 e. The van der Waals surface area contributed by atoms with E-state index in [-0.39, 0.29) is 12.0 Å². The van der Waals surface area contributed by atoms with Gasteiger partial charge in [-0.3, -0.25) is 9.69 Å². The van der Waals surface area contributed by atoms with E-state index in [9.17, 15) is 4.79 Å². The number of carbonyl (C=O) groups excluding carboxylic acids is 1. The molecule has 3 rings (SSSR count). The Bertz CT molecular complexity index is 545. The van der Waals surface area contributed by atoms with Crippen LogP contribution in [0.15, 0.2) is 12.3 Å². The van der Waals surface area contributed by atoms with Gasteiger partial charge in [0, 0.05) is 18.8 Å². The number of hydrogen-bond acceptors (Lipinski definition) is 5. The molecule has 0 aromatic carbocycles. The number of rotatable bonds is 4. The third-order valence-electron chi connectivity index (χ3n) is 4.88. The topological polar surface area (TPSA) is 58.6 Å². The number of aryl methyl sites for hydroxylation is 1. The Kier molecular flexibility index (Phi) is 5.23. The van der Waals surface area contributed by atoms with Crippen LogP contribution in [0.5, 0.6) is 0 Å². The summed E-state index contributed by atoms with van der Waals surface area (Å²) in [7, 11) is 2.07. The van der Waals surface area contributed by atoms with E-state index < -0.39 is 0 Å². The van der Waals surface area contributed by atoms with Crippen LogP contribution in [0.25, 0.3) is 0 Å². The maximum Gasteiger partial charge on any atom is 0.236 e. The third kappa shape index (κ3) is 4.06. The number of carbonyl (C=O) groups is 1. The first kappa shape index (κ1) is 16.3. The van der Waals surface area contributed by atoms with E-state index >= 15 is 0 Å². The summed E-state index contributed by atoms with van der Waals surface area (Å²) in [5.41, 5.74) is 0.860. The molecular weight excluding hydrogens is 292 g/mol. The molecule has 1 amide bonds. The third-order valence-corrected chi connectivity index (χ3v) is 4.88. The number of aromatic nitrogens is 2. The van der Waals surface area contributed by atoms with E-state index in [1.165, 1.54) is 25.7 Å². The lowest BCUT2D eigenvalue weighted by molar-refractivity contribution is -0.140. The fourth-order valence-electron chi connectivity index (χ4n) is 3.50. The minimum atomic E-state index is -0.147. The molecule has 2 aliphatic rings. The van der Waals surface area contributed by atoms with Crippen LogP contribution < -0.4 is 0 Å². The van der Waals surface area contributed by atoms with Crippen molar-refractivity contribution in [1.82, 2.24) is 19.8 Å². The van der Waals surface area contributed by atoms with Crippen LogP contribution >= 0.6 is 0 Å². The number of hydrogen-bond donors (Lipinski definition) is 0. The van der Waals surface area contributed by atoms with Gasteiger partial charge in [-0.1, -0.05) is 12.8 Å². The molecule has 6 nitrogen and oxygen atoms in total. The van der Waals surface area contributed by atoms with Crippen molar-refractivity contribution >= 4 is 5.91 Å². The molecule has 1 atom stereocenters. The molecule has 0 bridgehead atoms. The largest absolute Gasteiger partial charge is 0.368 e. The lowest BCUT2D eigenvalue weighted by Gasteiger charge is -2.34. The highest BCUT2D eigenvalue weighted by Gasteiger charge is 2.28. The monoisotopic (exact) mass is 318 g/mol. The van der Waals surface area contributed by atoms with Crippen molar-refractivity contribution in [3.05, 3.63) is 23.8 Å². The summed E-state index contributed by atoms with van der Waals surface area (Å²) in [4.78, 5) is 25.3. The quantitative estimate of drug-likeness (QED) is 0.843. The van der Waals surface area contributed by atoms with E-state index in [0.29, 0.717) is 32.3 Å². The zero-order chi connectivity index (χ0) is 16.2. The van der Waals surface area contributed by atoms with E-state index in [4.69, 9.17) is 4.74 Å². The summed E-state index contributed by atoms with van der Waals surface area (Å²) < 4.78 is 5.81. The average Bonchev–Trinajstić information content (AvgIpc) is 3.09. The second-order valence-corrected chi connectivity index (χ2v) is 6.58. The van der Waals surface area contributed by atoms with Crippen LogP contribution in [-0.4, -0.2) is 65.0 Å². The predicted octanol–water partition coefficient (Wildman–Crippen LogP) is 1.56. The van der Waals surface area contributed by atoms with Crippen molar-refractivity contribution in [2.24, 2.45) is 0 Å². The standard InChI is InChI=1S/C17H26N4O2/c1-13-18-8-7-15(19-13)16-11-21(9-10-23-16)17(22)12-20(2)14-5-3-4-6-14/h7-8,14,16H,3-6,9-12H2,1-2H3/t16-/m0/s1. The molecule has 1 aromatic rings. The second-order valence-electron chi connectivity index (χ2n) is 6.58. The summed E-state index contributed by atoms with van der Waals surface area (Å²) in [5, 5.41) is 0. The first-order valence-electron chi connectivity index (χ1n) is 8.52. The van der Waals surface area contributed by atoms with Crippen LogP contribution in [0.1, 0.15) is 43.3 Å². The smallest absolute Gasteiger partial charge is 0.236 e. The Labute approximate surface area is 137 Å². The van der Waals surface area contributed by atoms with E-state index in [2.05, 4.69) is 21.9 Å². The summed E-state index contributed by atoms with van der Waals surface area (Å²) in [5.74, 6) is 0.925. The maximum absolute atomic E-state index is 12.6. The fraction of sp³-hybridized carbons (Fsp3) is 0.706. The number of likely N-dealkylation sites (N-methyl/N-ethyl adjacent to an activating group) is 1. The van der Waals surface area contributed by atoms with Crippen LogP contribution in [0.2, 0.25) is 0 Å². The van der Waals surface area contributed by atoms with Gasteiger partial charge in [-0.15, -0.1) is 0 Å². The molecule has 1 aromatic heterocycles. The summed E-state index contributed by atoms with van der Waals surface area (Å²) in [6.07, 6.45) is 6.61. The van der Waals surface area contributed by atoms with Gasteiger partial charge in [0.2, 0.25) is 5.91 Å². The molecule has 126 valence electrons. The molecule has 1 saturated carbocycles. The molecule has 6 heteroatoms. The van der Waals surface area contributed by atoms with E-state index in [1.54, 1.807) is 6.20 Å². The Morgan fingerprint density at radius 2 is 2.22 bits per heavy atom. The molecule has 0 radical (unpaired) electrons. The van der Waals surface area contributed by atoms with Crippen molar-refractivity contribution < 1.29 is 9.53 Å². The van der Waals surface area contributed by atoms with Gasteiger partial charge in [0.05, 0.1) is 25.4 Å². The average molecular weight is 318 g/mol. The van der Waals surface area contributed by atoms with Crippen LogP contribution in [0.3, 0.4) is 0 Å². The molecule has 2 heterocycles. The molecular formula is C17H26N4O2. The molecule has 1 aliphatic heterocycles. The van der Waals surface area contributed by atoms with Gasteiger partial charge in [-0.05, 0) is 32.9 Å². The summed E-state index contributed by atoms with van der Waals surface area (Å²) in [6.45, 7) is 4.17. The highest BCUT2D eigenvalue weighted by molar-refractivity contribution is 5.78. The Hall–Kier alpha value is -1.53. The Morgan fingerprint density at radius 1 is 1.43 bits per heavy atom. The molecule has 2 fully saturated rings. The predicted molar refractivity (Wildman–Crippen MR) is 86.9 cm³/mol. The van der Waals surface area contributed by atoms with Crippen LogP contribution in [0.4, 0.5) is 0 Å². The van der Waals surface area contributed by atoms with Gasteiger partial charge in [0.15, 0.2) is 0 Å². The Morgan fingerprint density at radius 3 is 2.96 bits per heavy atom. The maximum atomic E-state index is 12.6. The molecule has 23 heavy (non-hydrogen) atoms. The van der Waals surface area contributed by atoms with Crippen molar-refractivity contribution in [3.63, 3.8) is 0 Å². The molecule has 1 saturated heterocycles. The summed E-state index contributed by atoms with van der Waals surface area (Å²) >= 11 is 0. The zero-order valence-corrected chi connectivity index (χ0v) is 14.1. The highest BCUT2D eigenvalue weighted by atomic mass is 16.5. The molecule has 0 spiro atoms. The molecule has 1 aliphatic carbocycles. The van der Waals surface area contributed by atoms with Gasteiger partial charge in [0.1, 0.15) is 11.9 Å². The van der Waals surface area contributed by atoms with Gasteiger partial charge in [0.25, 0.3) is 0 Å². The Balaban J connectivity index is 1.58. The number of ether oxygens (including phenoxy) is 1. The highest BCUT2D eigenvalue weighted by Crippen LogP contribution is 2.23. The lowest BCUT2D eigenvalue weighted by atomic mass is 10.2. The van der Waals surface area contributed by atoms with Crippen LogP contribution in [-0.2, 0) is 9.53 Å². The van der Waals surface area contributed by atoms with Gasteiger partial charge in [-0.2, -0.15) is 0 Å². The fourth-order valence-corrected chi connectivity index (χ4v) is 3.50. The van der Waals surface area contributed by atoms with Gasteiger partial charge in [-0.25, -0.2) is 9.97 Å². The molecule has 0 unspecified atom stereocenters. The first-order valence-corrected chi connectivity index (χ1v) is 8.52. The number of morpholine rings is 1. The van der Waals surface area contributed by atoms with Crippen molar-refractivity contribution in [1.29, 1.82) is 0 Å². The van der Waals surface area contributed by atoms with E-state index in [0.717, 1.165) is 11.5 Å². The number of nitrogens with zero attached hydrogens (tertiary/aromatic N) is 4. The van der Waals surface area contributed by atoms with Gasteiger partial charge < -0.3 is 9.64 Å². The zero-order valence-electron chi connectivity index (χ0n) is 14.1. The SMILES string of the molecule is Cc1nccc([C@@H]2CN(C(=O)CN(C)C3CCCC3)CCO2)n1. The van der Waals surface area contributed by atoms with Crippen molar-refractivity contribution in [2.75, 3.05) is 33.3 Å². The van der Waals surface area contributed by atoms with E-state index in [1.807, 2.05) is 17.9 Å². The minimum absolute atomic E-state index is 0.147. The van der Waals surface area contributed by atoms with Crippen LogP contribution in [0, 0.1) is 6.92 Å². The van der Waals surface area contributed by atoms with Crippen molar-refractivity contribution in [2.45, 2.75) is 44.8 Å².